The number of hydrogen-bond acceptors (Lipinski definition) is 4. The number of rotatable bonds is 8. The molecule has 3 aromatic rings. The van der Waals surface area contributed by atoms with Gasteiger partial charge in [0.2, 0.25) is 5.91 Å². The predicted octanol–water partition coefficient (Wildman–Crippen LogP) is 3.53. The first-order valence-corrected chi connectivity index (χ1v) is 8.26. The summed E-state index contributed by atoms with van der Waals surface area (Å²) in [5.74, 6) is 1.54. The van der Waals surface area contributed by atoms with E-state index >= 15 is 0 Å². The average molecular weight is 338 g/mol. The molecule has 3 rings (SSSR count). The van der Waals surface area contributed by atoms with Crippen molar-refractivity contribution in [3.8, 4) is 0 Å². The van der Waals surface area contributed by atoms with Crippen LogP contribution in [0.15, 0.2) is 76.0 Å². The highest BCUT2D eigenvalue weighted by atomic mass is 16.3. The van der Waals surface area contributed by atoms with Gasteiger partial charge in [-0.05, 0) is 36.9 Å². The molecule has 0 N–H and O–H groups in total. The van der Waals surface area contributed by atoms with Crippen molar-refractivity contribution in [2.75, 3.05) is 13.6 Å². The molecule has 0 radical (unpaired) electrons. The van der Waals surface area contributed by atoms with Crippen LogP contribution in [-0.4, -0.2) is 29.3 Å². The Balaban J connectivity index is 1.63. The maximum Gasteiger partial charge on any atom is 0.237 e. The normalized spacial score (nSPS) is 11.0. The van der Waals surface area contributed by atoms with Crippen LogP contribution in [0, 0.1) is 0 Å². The maximum absolute atomic E-state index is 12.8. The molecule has 5 heteroatoms. The van der Waals surface area contributed by atoms with Gasteiger partial charge in [-0.2, -0.15) is 0 Å². The van der Waals surface area contributed by atoms with E-state index in [4.69, 9.17) is 8.83 Å². The molecular weight excluding hydrogens is 316 g/mol. The van der Waals surface area contributed by atoms with Crippen LogP contribution in [0.2, 0.25) is 0 Å². The lowest BCUT2D eigenvalue weighted by Gasteiger charge is -2.24. The summed E-state index contributed by atoms with van der Waals surface area (Å²) in [4.78, 5) is 16.6. The van der Waals surface area contributed by atoms with Gasteiger partial charge >= 0.3 is 0 Å². The molecule has 0 saturated heterocycles. The molecule has 0 aliphatic carbocycles. The Hall–Kier alpha value is -2.79. The first-order valence-electron chi connectivity index (χ1n) is 8.26. The molecule has 5 nitrogen and oxygen atoms in total. The molecule has 2 aromatic heterocycles. The lowest BCUT2D eigenvalue weighted by molar-refractivity contribution is -0.134. The number of amides is 1. The van der Waals surface area contributed by atoms with Crippen LogP contribution < -0.4 is 0 Å². The Kier molecular flexibility index (Phi) is 5.69. The van der Waals surface area contributed by atoms with Crippen LogP contribution in [0.4, 0.5) is 0 Å². The van der Waals surface area contributed by atoms with Crippen molar-refractivity contribution in [2.45, 2.75) is 19.6 Å². The lowest BCUT2D eigenvalue weighted by atomic mass is 10.2. The number of benzene rings is 1. The van der Waals surface area contributed by atoms with Crippen LogP contribution in [0.1, 0.15) is 17.1 Å². The summed E-state index contributed by atoms with van der Waals surface area (Å²) in [5, 5.41) is 0. The average Bonchev–Trinajstić information content (AvgIpc) is 3.29. The Bertz CT molecular complexity index is 715. The van der Waals surface area contributed by atoms with Crippen LogP contribution in [0.25, 0.3) is 0 Å². The van der Waals surface area contributed by atoms with Crippen molar-refractivity contribution in [2.24, 2.45) is 0 Å². The molecule has 0 fully saturated rings. The standard InChI is InChI=1S/C20H22N2O3/c1-21(13-17-7-3-2-4-8-17)16-20(23)22(14-18-9-5-11-24-18)15-19-10-6-12-25-19/h2-12H,13-16H2,1H3. The Morgan fingerprint density at radius 3 is 1.96 bits per heavy atom. The van der Waals surface area contributed by atoms with Crippen LogP contribution in [0.5, 0.6) is 0 Å². The van der Waals surface area contributed by atoms with Crippen molar-refractivity contribution in [3.63, 3.8) is 0 Å². The zero-order valence-corrected chi connectivity index (χ0v) is 14.3. The number of hydrogen-bond donors (Lipinski definition) is 0. The summed E-state index contributed by atoms with van der Waals surface area (Å²) in [6.07, 6.45) is 3.23. The maximum atomic E-state index is 12.8. The van der Waals surface area contributed by atoms with E-state index in [0.29, 0.717) is 19.6 Å². The molecule has 1 aromatic carbocycles. The molecule has 0 saturated carbocycles. The van der Waals surface area contributed by atoms with E-state index in [2.05, 4.69) is 12.1 Å². The van der Waals surface area contributed by atoms with Crippen LogP contribution >= 0.6 is 0 Å². The zero-order chi connectivity index (χ0) is 17.5. The van der Waals surface area contributed by atoms with Gasteiger partial charge in [0.25, 0.3) is 0 Å². The molecule has 0 atom stereocenters. The minimum absolute atomic E-state index is 0.0335. The van der Waals surface area contributed by atoms with Gasteiger partial charge in [-0.3, -0.25) is 9.69 Å². The lowest BCUT2D eigenvalue weighted by Crippen LogP contribution is -2.38. The molecule has 25 heavy (non-hydrogen) atoms. The van der Waals surface area contributed by atoms with Crippen molar-refractivity contribution < 1.29 is 13.6 Å². The van der Waals surface area contributed by atoms with E-state index in [1.807, 2.05) is 54.4 Å². The van der Waals surface area contributed by atoms with E-state index in [1.165, 1.54) is 5.56 Å². The topological polar surface area (TPSA) is 49.8 Å². The molecule has 0 aliphatic heterocycles. The highest BCUT2D eigenvalue weighted by Gasteiger charge is 2.18. The molecule has 0 unspecified atom stereocenters. The van der Waals surface area contributed by atoms with Gasteiger partial charge < -0.3 is 13.7 Å². The molecule has 0 bridgehead atoms. The summed E-state index contributed by atoms with van der Waals surface area (Å²) in [6, 6.07) is 17.5. The van der Waals surface area contributed by atoms with Gasteiger partial charge in [0.15, 0.2) is 0 Å². The van der Waals surface area contributed by atoms with Gasteiger partial charge in [-0.15, -0.1) is 0 Å². The fourth-order valence-corrected chi connectivity index (χ4v) is 2.70. The monoisotopic (exact) mass is 338 g/mol. The largest absolute Gasteiger partial charge is 0.467 e. The highest BCUT2D eigenvalue weighted by molar-refractivity contribution is 5.78. The van der Waals surface area contributed by atoms with Crippen molar-refractivity contribution in [3.05, 3.63) is 84.2 Å². The van der Waals surface area contributed by atoms with E-state index in [-0.39, 0.29) is 5.91 Å². The zero-order valence-electron chi connectivity index (χ0n) is 14.3. The van der Waals surface area contributed by atoms with E-state index < -0.39 is 0 Å². The molecule has 2 heterocycles. The number of nitrogens with zero attached hydrogens (tertiary/aromatic N) is 2. The smallest absolute Gasteiger partial charge is 0.237 e. The van der Waals surface area contributed by atoms with Gasteiger partial charge in [-0.25, -0.2) is 0 Å². The summed E-state index contributed by atoms with van der Waals surface area (Å²) in [5.41, 5.74) is 1.18. The van der Waals surface area contributed by atoms with Gasteiger partial charge in [0.05, 0.1) is 32.2 Å². The summed E-state index contributed by atoms with van der Waals surface area (Å²) in [7, 11) is 1.95. The highest BCUT2D eigenvalue weighted by Crippen LogP contribution is 2.12. The van der Waals surface area contributed by atoms with Crippen molar-refractivity contribution in [1.29, 1.82) is 0 Å². The van der Waals surface area contributed by atoms with Crippen molar-refractivity contribution >= 4 is 5.91 Å². The summed E-state index contributed by atoms with van der Waals surface area (Å²) >= 11 is 0. The van der Waals surface area contributed by atoms with E-state index in [0.717, 1.165) is 18.1 Å². The number of carbonyl (C=O) groups is 1. The first-order chi connectivity index (χ1) is 12.2. The summed E-state index contributed by atoms with van der Waals surface area (Å²) < 4.78 is 10.8. The third-order valence-electron chi connectivity index (χ3n) is 3.91. The van der Waals surface area contributed by atoms with Gasteiger partial charge in [-0.1, -0.05) is 30.3 Å². The third-order valence-corrected chi connectivity index (χ3v) is 3.91. The predicted molar refractivity (Wildman–Crippen MR) is 94.4 cm³/mol. The molecule has 130 valence electrons. The van der Waals surface area contributed by atoms with E-state index in [9.17, 15) is 4.79 Å². The second-order valence-corrected chi connectivity index (χ2v) is 6.07. The summed E-state index contributed by atoms with van der Waals surface area (Å²) in [6.45, 7) is 1.90. The number of likely N-dealkylation sites (N-methyl/N-ethyl adjacent to an activating group) is 1. The minimum Gasteiger partial charge on any atom is -0.467 e. The number of carbonyl (C=O) groups excluding carboxylic acids is 1. The third kappa shape index (κ3) is 5.09. The second-order valence-electron chi connectivity index (χ2n) is 6.07. The fourth-order valence-electron chi connectivity index (χ4n) is 2.70. The van der Waals surface area contributed by atoms with Crippen molar-refractivity contribution in [1.82, 2.24) is 9.80 Å². The molecule has 0 aliphatic rings. The SMILES string of the molecule is CN(CC(=O)N(Cc1ccco1)Cc1ccco1)Cc1ccccc1. The van der Waals surface area contributed by atoms with Gasteiger partial charge in [0.1, 0.15) is 11.5 Å². The molecule has 1 amide bonds. The second kappa shape index (κ2) is 8.35. The quantitative estimate of drug-likeness (QED) is 0.630. The fraction of sp³-hybridized carbons (Fsp3) is 0.250. The number of furan rings is 2. The van der Waals surface area contributed by atoms with Gasteiger partial charge in [0, 0.05) is 6.54 Å². The van der Waals surface area contributed by atoms with E-state index in [1.54, 1.807) is 17.4 Å². The molecule has 0 spiro atoms. The van der Waals surface area contributed by atoms with Crippen LogP contribution in [-0.2, 0) is 24.4 Å². The molecular formula is C20H22N2O3. The Morgan fingerprint density at radius 1 is 0.840 bits per heavy atom. The van der Waals surface area contributed by atoms with Crippen LogP contribution in [0.3, 0.4) is 0 Å². The first kappa shape index (κ1) is 17.0. The Morgan fingerprint density at radius 2 is 1.44 bits per heavy atom. The minimum atomic E-state index is 0.0335. The Labute approximate surface area is 147 Å².